The Hall–Kier alpha value is -2.65. The van der Waals surface area contributed by atoms with Gasteiger partial charge in [0, 0.05) is 17.0 Å². The number of carbonyl (C=O) groups excluding carboxylic acids is 2. The van der Waals surface area contributed by atoms with Crippen LogP contribution in [-0.2, 0) is 9.53 Å². The Balaban J connectivity index is 1.77. The molecule has 0 radical (unpaired) electrons. The number of hydrogen-bond acceptors (Lipinski definition) is 7. The van der Waals surface area contributed by atoms with Gasteiger partial charge >= 0.3 is 5.97 Å². The van der Waals surface area contributed by atoms with Gasteiger partial charge in [0.25, 0.3) is 0 Å². The van der Waals surface area contributed by atoms with E-state index in [-0.39, 0.29) is 24.3 Å². The van der Waals surface area contributed by atoms with Gasteiger partial charge in [0.1, 0.15) is 16.9 Å². The van der Waals surface area contributed by atoms with Gasteiger partial charge in [0.05, 0.1) is 12.4 Å². The van der Waals surface area contributed by atoms with Gasteiger partial charge in [-0.15, -0.1) is 21.5 Å². The molecule has 0 saturated carbocycles. The van der Waals surface area contributed by atoms with Gasteiger partial charge in [-0.3, -0.25) is 4.79 Å². The predicted octanol–water partition coefficient (Wildman–Crippen LogP) is 4.50. The number of benzene rings is 1. The topological polar surface area (TPSA) is 86.1 Å². The minimum Gasteiger partial charge on any atom is -0.462 e. The normalized spacial score (nSPS) is 10.9. The number of esters is 1. The molecule has 9 heteroatoms. The van der Waals surface area contributed by atoms with Gasteiger partial charge in [-0.25, -0.2) is 4.79 Å². The molecule has 0 atom stereocenters. The maximum absolute atomic E-state index is 12.6. The van der Waals surface area contributed by atoms with Crippen molar-refractivity contribution in [3.63, 3.8) is 0 Å². The van der Waals surface area contributed by atoms with Gasteiger partial charge in [-0.1, -0.05) is 42.1 Å². The second kappa shape index (κ2) is 9.71. The van der Waals surface area contributed by atoms with Crippen molar-refractivity contribution < 1.29 is 14.3 Å². The first-order valence-corrected chi connectivity index (χ1v) is 11.0. The van der Waals surface area contributed by atoms with Crippen molar-refractivity contribution in [2.75, 3.05) is 17.7 Å². The number of nitrogens with one attached hydrogen (secondary N) is 1. The fourth-order valence-electron chi connectivity index (χ4n) is 2.67. The van der Waals surface area contributed by atoms with E-state index in [4.69, 9.17) is 4.74 Å². The largest absolute Gasteiger partial charge is 0.462 e. The third-order valence-corrected chi connectivity index (χ3v) is 5.89. The number of amides is 1. The fraction of sp³-hybridized carbons (Fsp3) is 0.300. The molecule has 0 spiro atoms. The smallest absolute Gasteiger partial charge is 0.341 e. The van der Waals surface area contributed by atoms with Crippen LogP contribution in [0.2, 0.25) is 0 Å². The van der Waals surface area contributed by atoms with E-state index in [1.54, 1.807) is 13.3 Å². The summed E-state index contributed by atoms with van der Waals surface area (Å²) in [7, 11) is 0. The Morgan fingerprint density at radius 3 is 2.72 bits per heavy atom. The third-order valence-electron chi connectivity index (χ3n) is 4.04. The quantitative estimate of drug-likeness (QED) is 0.418. The lowest BCUT2D eigenvalue weighted by Crippen LogP contribution is -2.17. The van der Waals surface area contributed by atoms with Crippen molar-refractivity contribution in [2.24, 2.45) is 0 Å². The second-order valence-corrected chi connectivity index (χ2v) is 8.21. The summed E-state index contributed by atoms with van der Waals surface area (Å²) in [6, 6.07) is 9.77. The summed E-state index contributed by atoms with van der Waals surface area (Å²) < 4.78 is 7.12. The van der Waals surface area contributed by atoms with Crippen molar-refractivity contribution in [3.05, 3.63) is 47.6 Å². The third kappa shape index (κ3) is 5.04. The standard InChI is InChI=1S/C20H22N4O3S2/c1-4-27-19(26)17-15(14-8-6-5-7-9-14)10-28-18(17)22-16(25)11-29-20-23-21-12-24(20)13(2)3/h5-10,12-13H,4,11H2,1-3H3,(H,22,25). The Bertz CT molecular complexity index is 983. The lowest BCUT2D eigenvalue weighted by atomic mass is 10.0. The highest BCUT2D eigenvalue weighted by atomic mass is 32.2. The second-order valence-electron chi connectivity index (χ2n) is 6.39. The maximum Gasteiger partial charge on any atom is 0.341 e. The molecule has 7 nitrogen and oxygen atoms in total. The van der Waals surface area contributed by atoms with Crippen molar-refractivity contribution in [1.82, 2.24) is 14.8 Å². The van der Waals surface area contributed by atoms with Crippen LogP contribution in [0.4, 0.5) is 5.00 Å². The van der Waals surface area contributed by atoms with Crippen LogP contribution in [0.25, 0.3) is 11.1 Å². The molecule has 0 aliphatic heterocycles. The molecule has 2 aromatic heterocycles. The van der Waals surface area contributed by atoms with Crippen LogP contribution in [0.1, 0.15) is 37.2 Å². The average Bonchev–Trinajstić information content (AvgIpc) is 3.34. The molecule has 1 N–H and O–H groups in total. The first-order chi connectivity index (χ1) is 14.0. The summed E-state index contributed by atoms with van der Waals surface area (Å²) >= 11 is 2.61. The zero-order valence-electron chi connectivity index (χ0n) is 16.4. The molecule has 152 valence electrons. The zero-order chi connectivity index (χ0) is 20.8. The SMILES string of the molecule is CCOC(=O)c1c(-c2ccccc2)csc1NC(=O)CSc1nncn1C(C)C. The summed E-state index contributed by atoms with van der Waals surface area (Å²) in [6.45, 7) is 6.06. The van der Waals surface area contributed by atoms with Gasteiger partial charge in [0.2, 0.25) is 5.91 Å². The number of anilines is 1. The summed E-state index contributed by atoms with van der Waals surface area (Å²) in [5, 5.41) is 13.8. The average molecular weight is 431 g/mol. The number of ether oxygens (including phenoxy) is 1. The lowest BCUT2D eigenvalue weighted by molar-refractivity contribution is -0.113. The Labute approximate surface area is 177 Å². The van der Waals surface area contributed by atoms with E-state index in [0.29, 0.717) is 15.7 Å². The predicted molar refractivity (Wildman–Crippen MR) is 115 cm³/mol. The van der Waals surface area contributed by atoms with Gasteiger partial charge in [-0.2, -0.15) is 0 Å². The monoisotopic (exact) mass is 430 g/mol. The molecule has 0 unspecified atom stereocenters. The van der Waals surface area contributed by atoms with Crippen LogP contribution in [0.3, 0.4) is 0 Å². The lowest BCUT2D eigenvalue weighted by Gasteiger charge is -2.10. The minimum atomic E-state index is -0.449. The van der Waals surface area contributed by atoms with Gasteiger partial charge in [-0.05, 0) is 26.3 Å². The van der Waals surface area contributed by atoms with E-state index in [1.807, 2.05) is 54.1 Å². The van der Waals surface area contributed by atoms with Crippen LogP contribution in [0.5, 0.6) is 0 Å². The molecule has 3 rings (SSSR count). The van der Waals surface area contributed by atoms with E-state index < -0.39 is 5.97 Å². The van der Waals surface area contributed by atoms with Gasteiger partial charge in [0.15, 0.2) is 5.16 Å². The molecule has 0 saturated heterocycles. The van der Waals surface area contributed by atoms with E-state index in [0.717, 1.165) is 11.1 Å². The van der Waals surface area contributed by atoms with E-state index in [2.05, 4.69) is 15.5 Å². The Morgan fingerprint density at radius 1 is 1.28 bits per heavy atom. The van der Waals surface area contributed by atoms with Crippen LogP contribution < -0.4 is 5.32 Å². The highest BCUT2D eigenvalue weighted by Crippen LogP contribution is 2.36. The van der Waals surface area contributed by atoms with E-state index >= 15 is 0 Å². The Kier molecular flexibility index (Phi) is 7.05. The number of thioether (sulfide) groups is 1. The van der Waals surface area contributed by atoms with Crippen molar-refractivity contribution >= 4 is 40.0 Å². The van der Waals surface area contributed by atoms with Crippen LogP contribution >= 0.6 is 23.1 Å². The maximum atomic E-state index is 12.6. The molecule has 0 bridgehead atoms. The van der Waals surface area contributed by atoms with Crippen LogP contribution in [-0.4, -0.2) is 39.0 Å². The fourth-order valence-corrected chi connectivity index (χ4v) is 4.49. The molecule has 3 aromatic rings. The van der Waals surface area contributed by atoms with Crippen molar-refractivity contribution in [3.8, 4) is 11.1 Å². The van der Waals surface area contributed by atoms with E-state index in [9.17, 15) is 9.59 Å². The first-order valence-electron chi connectivity index (χ1n) is 9.17. The minimum absolute atomic E-state index is 0.159. The first kappa shape index (κ1) is 21.1. The molecule has 1 amide bonds. The highest BCUT2D eigenvalue weighted by Gasteiger charge is 2.23. The number of thiophene rings is 1. The molecule has 0 aliphatic rings. The number of hydrogen-bond donors (Lipinski definition) is 1. The highest BCUT2D eigenvalue weighted by molar-refractivity contribution is 7.99. The summed E-state index contributed by atoms with van der Waals surface area (Å²) in [4.78, 5) is 25.1. The Morgan fingerprint density at radius 2 is 2.03 bits per heavy atom. The number of carbonyl (C=O) groups is 2. The number of nitrogens with zero attached hydrogens (tertiary/aromatic N) is 3. The number of rotatable bonds is 8. The summed E-state index contributed by atoms with van der Waals surface area (Å²) in [5.74, 6) is -0.512. The zero-order valence-corrected chi connectivity index (χ0v) is 18.0. The molecule has 1 aromatic carbocycles. The molecule has 0 aliphatic carbocycles. The molecule has 0 fully saturated rings. The molecular formula is C20H22N4O3S2. The van der Waals surface area contributed by atoms with Crippen molar-refractivity contribution in [2.45, 2.75) is 32.0 Å². The van der Waals surface area contributed by atoms with E-state index in [1.165, 1.54) is 23.1 Å². The molecule has 2 heterocycles. The van der Waals surface area contributed by atoms with Crippen molar-refractivity contribution in [1.29, 1.82) is 0 Å². The molecule has 29 heavy (non-hydrogen) atoms. The van der Waals surface area contributed by atoms with Crippen LogP contribution in [0.15, 0.2) is 47.2 Å². The molecular weight excluding hydrogens is 408 g/mol. The summed E-state index contributed by atoms with van der Waals surface area (Å²) in [6.07, 6.45) is 1.65. The van der Waals surface area contributed by atoms with Gasteiger partial charge < -0.3 is 14.6 Å². The van der Waals surface area contributed by atoms with Crippen LogP contribution in [0, 0.1) is 0 Å². The number of aromatic nitrogens is 3. The summed E-state index contributed by atoms with van der Waals surface area (Å²) in [5.41, 5.74) is 2.02.